The van der Waals surface area contributed by atoms with E-state index in [0.717, 1.165) is 0 Å². The second-order valence-electron chi connectivity index (χ2n) is 4.29. The minimum absolute atomic E-state index is 0.333. The molecule has 6 heteroatoms. The smallest absolute Gasteiger partial charge is 0.233 e. The highest BCUT2D eigenvalue weighted by Gasteiger charge is 2.10. The van der Waals surface area contributed by atoms with E-state index in [1.54, 1.807) is 24.3 Å². The van der Waals surface area contributed by atoms with E-state index in [1.165, 1.54) is 24.3 Å². The van der Waals surface area contributed by atoms with Crippen molar-refractivity contribution in [3.8, 4) is 0 Å². The number of halogens is 2. The van der Waals surface area contributed by atoms with Crippen molar-refractivity contribution in [2.45, 2.75) is 6.42 Å². The lowest BCUT2D eigenvalue weighted by molar-refractivity contribution is -0.123. The van der Waals surface area contributed by atoms with Crippen molar-refractivity contribution in [3.05, 3.63) is 59.4 Å². The van der Waals surface area contributed by atoms with E-state index in [-0.39, 0.29) is 6.42 Å². The lowest BCUT2D eigenvalue weighted by Gasteiger charge is -2.06. The number of anilines is 2. The van der Waals surface area contributed by atoms with Gasteiger partial charge in [0.2, 0.25) is 11.8 Å². The molecule has 0 aliphatic carbocycles. The van der Waals surface area contributed by atoms with Gasteiger partial charge in [0.1, 0.15) is 12.2 Å². The molecule has 0 radical (unpaired) electrons. The quantitative estimate of drug-likeness (QED) is 0.850. The van der Waals surface area contributed by atoms with E-state index in [1.807, 2.05) is 0 Å². The van der Waals surface area contributed by atoms with Gasteiger partial charge in [-0.25, -0.2) is 4.39 Å². The first kappa shape index (κ1) is 15.0. The molecule has 0 heterocycles. The highest BCUT2D eigenvalue weighted by Crippen LogP contribution is 2.14. The maximum Gasteiger partial charge on any atom is 0.233 e. The van der Waals surface area contributed by atoms with Crippen LogP contribution in [0.25, 0.3) is 0 Å². The van der Waals surface area contributed by atoms with Crippen LogP contribution in [-0.2, 0) is 9.59 Å². The van der Waals surface area contributed by atoms with Gasteiger partial charge in [0, 0.05) is 16.4 Å². The maximum absolute atomic E-state index is 12.7. The molecule has 0 aliphatic rings. The number of amides is 2. The van der Waals surface area contributed by atoms with Gasteiger partial charge < -0.3 is 10.6 Å². The van der Waals surface area contributed by atoms with Gasteiger partial charge in [0.25, 0.3) is 0 Å². The van der Waals surface area contributed by atoms with Crippen molar-refractivity contribution in [2.24, 2.45) is 0 Å². The van der Waals surface area contributed by atoms with Crippen molar-refractivity contribution in [1.29, 1.82) is 0 Å². The van der Waals surface area contributed by atoms with Crippen molar-refractivity contribution < 1.29 is 14.0 Å². The van der Waals surface area contributed by atoms with Crippen molar-refractivity contribution in [1.82, 2.24) is 0 Å². The monoisotopic (exact) mass is 306 g/mol. The Morgan fingerprint density at radius 1 is 0.857 bits per heavy atom. The molecule has 0 spiro atoms. The standard InChI is InChI=1S/C15H12ClFN2O2/c16-10-1-5-12(6-2-10)18-14(20)9-15(21)19-13-7-3-11(17)4-8-13/h1-8H,9H2,(H,18,20)(H,19,21). The van der Waals surface area contributed by atoms with Gasteiger partial charge in [-0.2, -0.15) is 0 Å². The molecule has 0 aliphatic heterocycles. The molecular weight excluding hydrogens is 295 g/mol. The number of carbonyl (C=O) groups is 2. The van der Waals surface area contributed by atoms with Crippen LogP contribution in [0.5, 0.6) is 0 Å². The summed E-state index contributed by atoms with van der Waals surface area (Å²) in [4.78, 5) is 23.4. The van der Waals surface area contributed by atoms with E-state index in [2.05, 4.69) is 10.6 Å². The van der Waals surface area contributed by atoms with Crippen LogP contribution >= 0.6 is 11.6 Å². The molecule has 0 fully saturated rings. The van der Waals surface area contributed by atoms with E-state index in [4.69, 9.17) is 11.6 Å². The second-order valence-corrected chi connectivity index (χ2v) is 4.72. The van der Waals surface area contributed by atoms with Crippen LogP contribution in [0.4, 0.5) is 15.8 Å². The fourth-order valence-corrected chi connectivity index (χ4v) is 1.75. The maximum atomic E-state index is 12.7. The Kier molecular flexibility index (Phi) is 4.90. The Hall–Kier alpha value is -2.40. The van der Waals surface area contributed by atoms with Crippen LogP contribution in [0.15, 0.2) is 48.5 Å². The normalized spacial score (nSPS) is 10.0. The molecule has 0 atom stereocenters. The van der Waals surface area contributed by atoms with Gasteiger partial charge in [0.05, 0.1) is 0 Å². The molecule has 2 N–H and O–H groups in total. The zero-order valence-corrected chi connectivity index (χ0v) is 11.7. The van der Waals surface area contributed by atoms with Crippen LogP contribution in [0.1, 0.15) is 6.42 Å². The third kappa shape index (κ3) is 4.89. The van der Waals surface area contributed by atoms with Gasteiger partial charge in [-0.3, -0.25) is 9.59 Å². The van der Waals surface area contributed by atoms with Crippen molar-refractivity contribution in [3.63, 3.8) is 0 Å². The SMILES string of the molecule is O=C(CC(=O)Nc1ccc(Cl)cc1)Nc1ccc(F)cc1. The number of hydrogen-bond acceptors (Lipinski definition) is 2. The highest BCUT2D eigenvalue weighted by molar-refractivity contribution is 6.30. The summed E-state index contributed by atoms with van der Waals surface area (Å²) >= 11 is 5.73. The first-order valence-electron chi connectivity index (χ1n) is 6.14. The highest BCUT2D eigenvalue weighted by atomic mass is 35.5. The lowest BCUT2D eigenvalue weighted by Crippen LogP contribution is -2.21. The zero-order valence-electron chi connectivity index (χ0n) is 10.9. The van der Waals surface area contributed by atoms with E-state index in [9.17, 15) is 14.0 Å². The zero-order chi connectivity index (χ0) is 15.2. The first-order chi connectivity index (χ1) is 10.0. The van der Waals surface area contributed by atoms with Gasteiger partial charge in [-0.1, -0.05) is 11.6 Å². The summed E-state index contributed by atoms with van der Waals surface area (Å²) in [6, 6.07) is 11.8. The largest absolute Gasteiger partial charge is 0.326 e. The van der Waals surface area contributed by atoms with Crippen molar-refractivity contribution >= 4 is 34.8 Å². The molecule has 0 bridgehead atoms. The van der Waals surface area contributed by atoms with Crippen LogP contribution < -0.4 is 10.6 Å². The van der Waals surface area contributed by atoms with Gasteiger partial charge >= 0.3 is 0 Å². The molecule has 21 heavy (non-hydrogen) atoms. The summed E-state index contributed by atoms with van der Waals surface area (Å²) in [6.45, 7) is 0. The summed E-state index contributed by atoms with van der Waals surface area (Å²) in [7, 11) is 0. The lowest BCUT2D eigenvalue weighted by atomic mass is 10.2. The molecule has 0 unspecified atom stereocenters. The third-order valence-electron chi connectivity index (χ3n) is 2.58. The second kappa shape index (κ2) is 6.85. The summed E-state index contributed by atoms with van der Waals surface area (Å²) in [5, 5.41) is 5.64. The average Bonchev–Trinajstić information content (AvgIpc) is 2.44. The fraction of sp³-hybridized carbons (Fsp3) is 0.0667. The molecular formula is C15H12ClFN2O2. The predicted octanol–water partition coefficient (Wildman–Crippen LogP) is 3.45. The van der Waals surface area contributed by atoms with Crippen LogP contribution in [0.3, 0.4) is 0 Å². The summed E-state index contributed by atoms with van der Waals surface area (Å²) < 4.78 is 12.7. The fourth-order valence-electron chi connectivity index (χ4n) is 1.62. The molecule has 0 aromatic heterocycles. The van der Waals surface area contributed by atoms with E-state index in [0.29, 0.717) is 16.4 Å². The van der Waals surface area contributed by atoms with Crippen LogP contribution in [0.2, 0.25) is 5.02 Å². The van der Waals surface area contributed by atoms with Crippen molar-refractivity contribution in [2.75, 3.05) is 10.6 Å². The number of benzene rings is 2. The van der Waals surface area contributed by atoms with Gasteiger partial charge in [-0.15, -0.1) is 0 Å². The number of carbonyl (C=O) groups excluding carboxylic acids is 2. The molecule has 2 aromatic carbocycles. The van der Waals surface area contributed by atoms with E-state index >= 15 is 0 Å². The summed E-state index contributed by atoms with van der Waals surface area (Å²) in [5.41, 5.74) is 0.986. The van der Waals surface area contributed by atoms with Crippen LogP contribution in [-0.4, -0.2) is 11.8 Å². The number of rotatable bonds is 4. The van der Waals surface area contributed by atoms with Gasteiger partial charge in [0.15, 0.2) is 0 Å². The minimum atomic E-state index is -0.479. The Labute approximate surface area is 125 Å². The first-order valence-corrected chi connectivity index (χ1v) is 6.51. The molecule has 2 amide bonds. The van der Waals surface area contributed by atoms with E-state index < -0.39 is 17.6 Å². The number of nitrogens with one attached hydrogen (secondary N) is 2. The summed E-state index contributed by atoms with van der Waals surface area (Å²) in [5.74, 6) is -1.32. The molecule has 4 nitrogen and oxygen atoms in total. The molecule has 2 rings (SSSR count). The minimum Gasteiger partial charge on any atom is -0.326 e. The van der Waals surface area contributed by atoms with Crippen LogP contribution in [0, 0.1) is 5.82 Å². The average molecular weight is 307 g/mol. The number of hydrogen-bond donors (Lipinski definition) is 2. The molecule has 2 aromatic rings. The predicted molar refractivity (Wildman–Crippen MR) is 79.7 cm³/mol. The Morgan fingerprint density at radius 2 is 1.29 bits per heavy atom. The Morgan fingerprint density at radius 3 is 1.76 bits per heavy atom. The molecule has 0 saturated carbocycles. The topological polar surface area (TPSA) is 58.2 Å². The van der Waals surface area contributed by atoms with Gasteiger partial charge in [-0.05, 0) is 48.5 Å². The third-order valence-corrected chi connectivity index (χ3v) is 2.83. The molecule has 108 valence electrons. The molecule has 0 saturated heterocycles. The Bertz CT molecular complexity index is 584. The summed E-state index contributed by atoms with van der Waals surface area (Å²) in [6.07, 6.45) is -0.333. The Balaban J connectivity index is 1.85.